The molecule has 106 valence electrons. The lowest BCUT2D eigenvalue weighted by molar-refractivity contribution is 0.374. The molecule has 4 heteroatoms. The summed E-state index contributed by atoms with van der Waals surface area (Å²) in [5, 5.41) is 0. The Labute approximate surface area is 120 Å². The third-order valence-corrected chi connectivity index (χ3v) is 4.26. The maximum Gasteiger partial charge on any atom is 0.0953 e. The van der Waals surface area contributed by atoms with Crippen LogP contribution in [0.2, 0.25) is 0 Å². The first-order valence-corrected chi connectivity index (χ1v) is 7.58. The summed E-state index contributed by atoms with van der Waals surface area (Å²) in [4.78, 5) is 8.55. The second-order valence-electron chi connectivity index (χ2n) is 5.65. The van der Waals surface area contributed by atoms with Crippen molar-refractivity contribution in [1.82, 2.24) is 14.5 Å². The van der Waals surface area contributed by atoms with Gasteiger partial charge in [0.05, 0.1) is 18.2 Å². The zero-order valence-electron chi connectivity index (χ0n) is 11.8. The maximum absolute atomic E-state index is 6.08. The van der Waals surface area contributed by atoms with Gasteiger partial charge in [-0.2, -0.15) is 0 Å². The summed E-state index contributed by atoms with van der Waals surface area (Å²) in [5.74, 6) is 0. The standard InChI is InChI=1S/C16H22N4/c17-15-8-9-18-10-14(15)16-11-19-12-20(16)13-6-4-2-1-3-5-7-13/h8-13H,1-7H2,(H2,17,18). The van der Waals surface area contributed by atoms with Gasteiger partial charge in [0.1, 0.15) is 0 Å². The van der Waals surface area contributed by atoms with Gasteiger partial charge in [-0.3, -0.25) is 4.98 Å². The van der Waals surface area contributed by atoms with Gasteiger partial charge in [0.2, 0.25) is 0 Å². The smallest absolute Gasteiger partial charge is 0.0953 e. The van der Waals surface area contributed by atoms with Crippen LogP contribution in [-0.4, -0.2) is 14.5 Å². The van der Waals surface area contributed by atoms with Gasteiger partial charge in [-0.1, -0.05) is 32.1 Å². The van der Waals surface area contributed by atoms with E-state index in [9.17, 15) is 0 Å². The summed E-state index contributed by atoms with van der Waals surface area (Å²) in [6.07, 6.45) is 16.6. The highest BCUT2D eigenvalue weighted by atomic mass is 15.1. The van der Waals surface area contributed by atoms with Crippen molar-refractivity contribution in [2.24, 2.45) is 0 Å². The largest absolute Gasteiger partial charge is 0.398 e. The first kappa shape index (κ1) is 13.2. The summed E-state index contributed by atoms with van der Waals surface area (Å²) in [5.41, 5.74) is 8.95. The predicted octanol–water partition coefficient (Wildman–Crippen LogP) is 3.81. The average molecular weight is 270 g/mol. The van der Waals surface area contributed by atoms with Gasteiger partial charge in [0.15, 0.2) is 0 Å². The molecule has 0 aromatic carbocycles. The Kier molecular flexibility index (Phi) is 4.00. The van der Waals surface area contributed by atoms with E-state index in [0.717, 1.165) is 16.9 Å². The Bertz CT molecular complexity index is 553. The number of imidazole rings is 1. The van der Waals surface area contributed by atoms with E-state index in [-0.39, 0.29) is 0 Å². The molecule has 0 bridgehead atoms. The molecule has 0 amide bonds. The van der Waals surface area contributed by atoms with E-state index in [0.29, 0.717) is 6.04 Å². The van der Waals surface area contributed by atoms with Crippen molar-refractivity contribution in [1.29, 1.82) is 0 Å². The lowest BCUT2D eigenvalue weighted by Crippen LogP contribution is -2.11. The topological polar surface area (TPSA) is 56.7 Å². The highest BCUT2D eigenvalue weighted by Crippen LogP contribution is 2.32. The SMILES string of the molecule is Nc1ccncc1-c1cncn1C1CCCCCCC1. The predicted molar refractivity (Wildman–Crippen MR) is 81.2 cm³/mol. The summed E-state index contributed by atoms with van der Waals surface area (Å²) in [6.45, 7) is 0. The van der Waals surface area contributed by atoms with Crippen molar-refractivity contribution in [3.8, 4) is 11.3 Å². The fourth-order valence-corrected chi connectivity index (χ4v) is 3.14. The fraction of sp³-hybridized carbons (Fsp3) is 0.500. The van der Waals surface area contributed by atoms with Crippen LogP contribution in [0.15, 0.2) is 31.0 Å². The molecule has 3 rings (SSSR count). The van der Waals surface area contributed by atoms with Crippen molar-refractivity contribution in [3.63, 3.8) is 0 Å². The normalized spacial score (nSPS) is 17.6. The van der Waals surface area contributed by atoms with Crippen LogP contribution in [0.25, 0.3) is 11.3 Å². The van der Waals surface area contributed by atoms with Gasteiger partial charge in [-0.15, -0.1) is 0 Å². The van der Waals surface area contributed by atoms with Crippen molar-refractivity contribution >= 4 is 5.69 Å². The van der Waals surface area contributed by atoms with E-state index in [1.54, 1.807) is 6.20 Å². The van der Waals surface area contributed by atoms with Crippen LogP contribution in [0.3, 0.4) is 0 Å². The molecule has 2 heterocycles. The average Bonchev–Trinajstić information content (AvgIpc) is 2.88. The molecule has 0 atom stereocenters. The number of anilines is 1. The Balaban J connectivity index is 1.91. The molecular weight excluding hydrogens is 248 g/mol. The molecule has 0 saturated heterocycles. The Morgan fingerprint density at radius 3 is 2.50 bits per heavy atom. The molecule has 1 aliphatic rings. The van der Waals surface area contributed by atoms with E-state index < -0.39 is 0 Å². The quantitative estimate of drug-likeness (QED) is 0.902. The Morgan fingerprint density at radius 1 is 1.00 bits per heavy atom. The van der Waals surface area contributed by atoms with E-state index >= 15 is 0 Å². The van der Waals surface area contributed by atoms with Gasteiger partial charge >= 0.3 is 0 Å². The van der Waals surface area contributed by atoms with Crippen molar-refractivity contribution < 1.29 is 0 Å². The van der Waals surface area contributed by atoms with Crippen LogP contribution < -0.4 is 5.73 Å². The molecular formula is C16H22N4. The zero-order chi connectivity index (χ0) is 13.8. The lowest BCUT2D eigenvalue weighted by atomic mass is 9.96. The van der Waals surface area contributed by atoms with Crippen LogP contribution in [-0.2, 0) is 0 Å². The summed E-state index contributed by atoms with van der Waals surface area (Å²) >= 11 is 0. The van der Waals surface area contributed by atoms with Crippen molar-refractivity contribution in [2.45, 2.75) is 51.0 Å². The Morgan fingerprint density at radius 2 is 1.75 bits per heavy atom. The molecule has 20 heavy (non-hydrogen) atoms. The van der Waals surface area contributed by atoms with Gasteiger partial charge in [0, 0.05) is 29.7 Å². The number of hydrogen-bond donors (Lipinski definition) is 1. The number of rotatable bonds is 2. The third kappa shape index (κ3) is 2.69. The highest BCUT2D eigenvalue weighted by Gasteiger charge is 2.17. The molecule has 2 aromatic heterocycles. The van der Waals surface area contributed by atoms with E-state index in [1.165, 1.54) is 44.9 Å². The number of pyridine rings is 1. The van der Waals surface area contributed by atoms with Crippen LogP contribution in [0, 0.1) is 0 Å². The molecule has 0 unspecified atom stereocenters. The van der Waals surface area contributed by atoms with Crippen molar-refractivity contribution in [2.75, 3.05) is 5.73 Å². The minimum absolute atomic E-state index is 0.549. The van der Waals surface area contributed by atoms with Gasteiger partial charge < -0.3 is 10.3 Å². The maximum atomic E-state index is 6.08. The minimum atomic E-state index is 0.549. The van der Waals surface area contributed by atoms with Crippen molar-refractivity contribution in [3.05, 3.63) is 31.0 Å². The van der Waals surface area contributed by atoms with E-state index in [1.807, 2.05) is 24.8 Å². The molecule has 1 aliphatic carbocycles. The molecule has 4 nitrogen and oxygen atoms in total. The van der Waals surface area contributed by atoms with Crippen LogP contribution >= 0.6 is 0 Å². The third-order valence-electron chi connectivity index (χ3n) is 4.26. The Hall–Kier alpha value is -1.84. The molecule has 2 aromatic rings. The molecule has 1 saturated carbocycles. The number of hydrogen-bond acceptors (Lipinski definition) is 3. The van der Waals surface area contributed by atoms with E-state index in [4.69, 9.17) is 5.73 Å². The first-order chi connectivity index (χ1) is 9.86. The lowest BCUT2D eigenvalue weighted by Gasteiger charge is -2.23. The number of nitrogen functional groups attached to an aromatic ring is 1. The first-order valence-electron chi connectivity index (χ1n) is 7.58. The molecule has 0 aliphatic heterocycles. The van der Waals surface area contributed by atoms with Gasteiger partial charge in [0.25, 0.3) is 0 Å². The van der Waals surface area contributed by atoms with Crippen LogP contribution in [0.4, 0.5) is 5.69 Å². The van der Waals surface area contributed by atoms with E-state index in [2.05, 4.69) is 14.5 Å². The second kappa shape index (κ2) is 6.07. The molecule has 2 N–H and O–H groups in total. The van der Waals surface area contributed by atoms with Gasteiger partial charge in [-0.05, 0) is 18.9 Å². The van der Waals surface area contributed by atoms with Crippen LogP contribution in [0.1, 0.15) is 51.0 Å². The summed E-state index contributed by atoms with van der Waals surface area (Å²) in [6, 6.07) is 2.40. The molecule has 0 radical (unpaired) electrons. The monoisotopic (exact) mass is 270 g/mol. The minimum Gasteiger partial charge on any atom is -0.398 e. The summed E-state index contributed by atoms with van der Waals surface area (Å²) in [7, 11) is 0. The number of aromatic nitrogens is 3. The summed E-state index contributed by atoms with van der Waals surface area (Å²) < 4.78 is 2.30. The second-order valence-corrected chi connectivity index (χ2v) is 5.65. The number of nitrogens with two attached hydrogens (primary N) is 1. The number of nitrogens with zero attached hydrogens (tertiary/aromatic N) is 3. The molecule has 0 spiro atoms. The fourth-order valence-electron chi connectivity index (χ4n) is 3.14. The van der Waals surface area contributed by atoms with Crippen LogP contribution in [0.5, 0.6) is 0 Å². The van der Waals surface area contributed by atoms with Gasteiger partial charge in [-0.25, -0.2) is 4.98 Å². The highest BCUT2D eigenvalue weighted by molar-refractivity contribution is 5.72. The zero-order valence-corrected chi connectivity index (χ0v) is 11.8. The molecule has 1 fully saturated rings.